The van der Waals surface area contributed by atoms with E-state index in [0.717, 1.165) is 64.9 Å². The molecule has 1 atom stereocenters. The minimum absolute atomic E-state index is 0. The predicted molar refractivity (Wildman–Crippen MR) is 148 cm³/mol. The number of morpholine rings is 1. The number of nitrogens with one attached hydrogen (secondary N) is 2. The fourth-order valence-electron chi connectivity index (χ4n) is 4.48. The van der Waals surface area contributed by atoms with Crippen molar-refractivity contribution < 1.29 is 4.74 Å². The maximum Gasteiger partial charge on any atom is 0.191 e. The molecule has 2 aliphatic heterocycles. The minimum atomic E-state index is 0. The molecule has 33 heavy (non-hydrogen) atoms. The number of halogens is 1. The van der Waals surface area contributed by atoms with Gasteiger partial charge in [-0.05, 0) is 43.6 Å². The first-order valence-corrected chi connectivity index (χ1v) is 12.3. The van der Waals surface area contributed by atoms with Crippen molar-refractivity contribution in [1.82, 2.24) is 25.3 Å². The molecular weight excluding hydrogens is 527 g/mol. The lowest BCUT2D eigenvalue weighted by Crippen LogP contribution is -2.50. The fourth-order valence-corrected chi connectivity index (χ4v) is 4.48. The molecule has 0 bridgehead atoms. The van der Waals surface area contributed by atoms with Crippen molar-refractivity contribution in [3.63, 3.8) is 0 Å². The second-order valence-corrected chi connectivity index (χ2v) is 9.70. The molecule has 0 radical (unpaired) electrons. The number of hydrogen-bond donors (Lipinski definition) is 2. The van der Waals surface area contributed by atoms with Crippen LogP contribution in [0.1, 0.15) is 31.4 Å². The Bertz CT molecular complexity index is 699. The number of guanidine groups is 1. The van der Waals surface area contributed by atoms with Gasteiger partial charge in [-0.3, -0.25) is 14.8 Å². The monoisotopic (exact) mass is 572 g/mol. The van der Waals surface area contributed by atoms with Gasteiger partial charge in [-0.2, -0.15) is 0 Å². The van der Waals surface area contributed by atoms with E-state index in [2.05, 4.69) is 75.5 Å². The molecule has 7 nitrogen and oxygen atoms in total. The molecule has 8 heteroatoms. The number of likely N-dealkylation sites (N-methyl/N-ethyl adjacent to an activating group) is 1. The Morgan fingerprint density at radius 3 is 2.52 bits per heavy atom. The molecule has 1 aromatic carbocycles. The second-order valence-electron chi connectivity index (χ2n) is 9.70. The molecule has 0 aromatic heterocycles. The summed E-state index contributed by atoms with van der Waals surface area (Å²) in [6.07, 6.45) is 1.46. The zero-order valence-corrected chi connectivity index (χ0v) is 23.4. The van der Waals surface area contributed by atoms with Crippen LogP contribution in [0.15, 0.2) is 29.3 Å². The van der Waals surface area contributed by atoms with Crippen molar-refractivity contribution in [3.05, 3.63) is 35.4 Å². The van der Waals surface area contributed by atoms with Crippen molar-refractivity contribution in [2.24, 2.45) is 10.9 Å². The summed E-state index contributed by atoms with van der Waals surface area (Å²) in [5.74, 6) is 1.51. The summed E-state index contributed by atoms with van der Waals surface area (Å²) in [7, 11) is 4.04. The summed E-state index contributed by atoms with van der Waals surface area (Å²) in [4.78, 5) is 11.9. The van der Waals surface area contributed by atoms with Crippen LogP contribution >= 0.6 is 24.0 Å². The Labute approximate surface area is 218 Å². The molecule has 2 aliphatic rings. The van der Waals surface area contributed by atoms with Crippen LogP contribution in [0, 0.1) is 5.92 Å². The molecule has 2 saturated heterocycles. The average molecular weight is 573 g/mol. The van der Waals surface area contributed by atoms with Gasteiger partial charge in [-0.25, -0.2) is 0 Å². The van der Waals surface area contributed by atoms with Crippen LogP contribution in [-0.2, 0) is 17.8 Å². The molecule has 1 unspecified atom stereocenters. The SMILES string of the molecule is CN=C(NCc1ccc(CN2CCCN(C)CC2)cc1)NCC1CN(CC(C)C)CCO1.I. The van der Waals surface area contributed by atoms with Gasteiger partial charge in [-0.15, -0.1) is 24.0 Å². The predicted octanol–water partition coefficient (Wildman–Crippen LogP) is 2.46. The molecule has 0 aliphatic carbocycles. The molecule has 2 N–H and O–H groups in total. The standard InChI is InChI=1S/C25H44N6O.HI/c1-21(2)18-31-14-15-32-24(20-31)17-28-25(26-3)27-16-22-6-8-23(9-7-22)19-30-11-5-10-29(4)12-13-30;/h6-9,21,24H,5,10-20H2,1-4H3,(H2,26,27,28);1H. The average Bonchev–Trinajstić information content (AvgIpc) is 2.98. The maximum atomic E-state index is 5.94. The Hall–Kier alpha value is -0.940. The van der Waals surface area contributed by atoms with Gasteiger partial charge in [-0.1, -0.05) is 38.1 Å². The third kappa shape index (κ3) is 10.5. The minimum Gasteiger partial charge on any atom is -0.374 e. The number of aliphatic imine (C=N–C) groups is 1. The van der Waals surface area contributed by atoms with E-state index in [9.17, 15) is 0 Å². The van der Waals surface area contributed by atoms with Gasteiger partial charge in [0, 0.05) is 59.4 Å². The Morgan fingerprint density at radius 2 is 1.79 bits per heavy atom. The molecule has 0 amide bonds. The second kappa shape index (κ2) is 15.1. The van der Waals surface area contributed by atoms with E-state index in [0.29, 0.717) is 5.92 Å². The number of rotatable bonds is 8. The topological polar surface area (TPSA) is 55.4 Å². The molecule has 2 heterocycles. The van der Waals surface area contributed by atoms with Gasteiger partial charge in [0.15, 0.2) is 5.96 Å². The maximum absolute atomic E-state index is 5.94. The number of hydrogen-bond acceptors (Lipinski definition) is 5. The summed E-state index contributed by atoms with van der Waals surface area (Å²) in [6, 6.07) is 8.99. The van der Waals surface area contributed by atoms with E-state index in [-0.39, 0.29) is 30.1 Å². The molecular formula is C25H45IN6O. The third-order valence-electron chi connectivity index (χ3n) is 6.27. The van der Waals surface area contributed by atoms with Crippen LogP contribution < -0.4 is 10.6 Å². The Kier molecular flexibility index (Phi) is 13.0. The quantitative estimate of drug-likeness (QED) is 0.284. The molecule has 0 saturated carbocycles. The molecule has 188 valence electrons. The Balaban J connectivity index is 0.00000385. The number of nitrogens with zero attached hydrogens (tertiary/aromatic N) is 4. The first kappa shape index (κ1) is 28.3. The van der Waals surface area contributed by atoms with E-state index in [1.54, 1.807) is 0 Å². The summed E-state index contributed by atoms with van der Waals surface area (Å²) >= 11 is 0. The highest BCUT2D eigenvalue weighted by Crippen LogP contribution is 2.11. The largest absolute Gasteiger partial charge is 0.374 e. The van der Waals surface area contributed by atoms with Crippen LogP contribution in [-0.4, -0.2) is 99.8 Å². The van der Waals surface area contributed by atoms with Gasteiger partial charge in [0.1, 0.15) is 0 Å². The van der Waals surface area contributed by atoms with E-state index in [1.807, 2.05) is 7.05 Å². The van der Waals surface area contributed by atoms with Crippen molar-refractivity contribution in [2.75, 3.05) is 73.1 Å². The van der Waals surface area contributed by atoms with E-state index in [4.69, 9.17) is 4.74 Å². The number of ether oxygens (including phenoxy) is 1. The van der Waals surface area contributed by atoms with Gasteiger partial charge in [0.25, 0.3) is 0 Å². The van der Waals surface area contributed by atoms with Crippen molar-refractivity contribution in [1.29, 1.82) is 0 Å². The van der Waals surface area contributed by atoms with Gasteiger partial charge < -0.3 is 20.3 Å². The van der Waals surface area contributed by atoms with Gasteiger partial charge in [0.05, 0.1) is 12.7 Å². The highest BCUT2D eigenvalue weighted by Gasteiger charge is 2.21. The zero-order valence-electron chi connectivity index (χ0n) is 21.1. The van der Waals surface area contributed by atoms with Gasteiger partial charge >= 0.3 is 0 Å². The number of benzene rings is 1. The van der Waals surface area contributed by atoms with Crippen LogP contribution in [0.5, 0.6) is 0 Å². The summed E-state index contributed by atoms with van der Waals surface area (Å²) in [5, 5.41) is 6.87. The normalized spacial score (nSPS) is 21.5. The van der Waals surface area contributed by atoms with Crippen molar-refractivity contribution in [3.8, 4) is 0 Å². The van der Waals surface area contributed by atoms with Crippen LogP contribution in [0.25, 0.3) is 0 Å². The van der Waals surface area contributed by atoms with E-state index >= 15 is 0 Å². The smallest absolute Gasteiger partial charge is 0.191 e. The lowest BCUT2D eigenvalue weighted by atomic mass is 10.1. The van der Waals surface area contributed by atoms with Crippen molar-refractivity contribution >= 4 is 29.9 Å². The summed E-state index contributed by atoms with van der Waals surface area (Å²) in [6.45, 7) is 15.8. The third-order valence-corrected chi connectivity index (χ3v) is 6.27. The summed E-state index contributed by atoms with van der Waals surface area (Å²) < 4.78 is 5.94. The highest BCUT2D eigenvalue weighted by molar-refractivity contribution is 14.0. The zero-order chi connectivity index (χ0) is 22.8. The van der Waals surface area contributed by atoms with E-state index in [1.165, 1.54) is 30.6 Å². The molecule has 3 rings (SSSR count). The Morgan fingerprint density at radius 1 is 1.03 bits per heavy atom. The van der Waals surface area contributed by atoms with Crippen LogP contribution in [0.4, 0.5) is 0 Å². The lowest BCUT2D eigenvalue weighted by molar-refractivity contribution is -0.0284. The molecule has 1 aromatic rings. The van der Waals surface area contributed by atoms with Crippen LogP contribution in [0.2, 0.25) is 0 Å². The highest BCUT2D eigenvalue weighted by atomic mass is 127. The molecule has 0 spiro atoms. The first-order chi connectivity index (χ1) is 15.5. The van der Waals surface area contributed by atoms with E-state index < -0.39 is 0 Å². The van der Waals surface area contributed by atoms with Crippen LogP contribution in [0.3, 0.4) is 0 Å². The lowest BCUT2D eigenvalue weighted by Gasteiger charge is -2.34. The summed E-state index contributed by atoms with van der Waals surface area (Å²) in [5.41, 5.74) is 2.66. The molecule has 2 fully saturated rings. The fraction of sp³-hybridized carbons (Fsp3) is 0.720. The van der Waals surface area contributed by atoms with Gasteiger partial charge in [0.2, 0.25) is 0 Å². The van der Waals surface area contributed by atoms with Crippen molar-refractivity contribution in [2.45, 2.75) is 39.5 Å². The first-order valence-electron chi connectivity index (χ1n) is 12.3.